The summed E-state index contributed by atoms with van der Waals surface area (Å²) in [6, 6.07) is 0. The van der Waals surface area contributed by atoms with Gasteiger partial charge in [0.1, 0.15) is 0 Å². The number of nitrogens with zero attached hydrogens (tertiary/aromatic N) is 2. The molecule has 2 unspecified atom stereocenters. The van der Waals surface area contributed by atoms with Gasteiger partial charge in [-0.05, 0) is 33.6 Å². The van der Waals surface area contributed by atoms with E-state index < -0.39 is 14.6 Å². The first-order valence-electron chi connectivity index (χ1n) is 9.05. The van der Waals surface area contributed by atoms with Gasteiger partial charge in [-0.25, -0.2) is 8.42 Å². The normalized spacial score (nSPS) is 32.0. The first-order chi connectivity index (χ1) is 11.1. The molecule has 2 atom stereocenters. The SMILES string of the molecule is CCNC(=NCC1(C)CCCCC1O)N1CCS(=O)(=O)C(C)(C)C1.I. The van der Waals surface area contributed by atoms with Crippen LogP contribution in [-0.2, 0) is 9.84 Å². The van der Waals surface area contributed by atoms with Crippen molar-refractivity contribution in [2.75, 3.05) is 31.9 Å². The van der Waals surface area contributed by atoms with Gasteiger partial charge in [-0.1, -0.05) is 19.8 Å². The number of hydrogen-bond acceptors (Lipinski definition) is 4. The highest BCUT2D eigenvalue weighted by molar-refractivity contribution is 14.0. The van der Waals surface area contributed by atoms with Crippen molar-refractivity contribution in [2.24, 2.45) is 10.4 Å². The molecule has 2 aliphatic rings. The molecule has 0 radical (unpaired) electrons. The first kappa shape index (κ1) is 23.0. The highest BCUT2D eigenvalue weighted by Gasteiger charge is 2.41. The Hall–Kier alpha value is -0.0900. The second-order valence-electron chi connectivity index (χ2n) is 8.09. The Bertz CT molecular complexity index is 580. The second-order valence-corrected chi connectivity index (χ2v) is 10.8. The van der Waals surface area contributed by atoms with Gasteiger partial charge in [-0.3, -0.25) is 4.99 Å². The lowest BCUT2D eigenvalue weighted by Crippen LogP contribution is -2.57. The zero-order valence-electron chi connectivity index (χ0n) is 15.9. The average molecular weight is 487 g/mol. The van der Waals surface area contributed by atoms with Crippen molar-refractivity contribution in [3.63, 3.8) is 0 Å². The van der Waals surface area contributed by atoms with E-state index in [9.17, 15) is 13.5 Å². The number of sulfone groups is 1. The van der Waals surface area contributed by atoms with Gasteiger partial charge >= 0.3 is 0 Å². The molecule has 1 aliphatic carbocycles. The molecular formula is C17H34IN3O3S. The Kier molecular flexibility index (Phi) is 8.02. The summed E-state index contributed by atoms with van der Waals surface area (Å²) in [5.74, 6) is 0.920. The molecular weight excluding hydrogens is 453 g/mol. The molecule has 1 saturated carbocycles. The number of guanidine groups is 1. The van der Waals surface area contributed by atoms with E-state index in [2.05, 4.69) is 12.2 Å². The van der Waals surface area contributed by atoms with E-state index in [1.165, 1.54) is 0 Å². The van der Waals surface area contributed by atoms with Crippen LogP contribution in [-0.4, -0.2) is 67.2 Å². The predicted octanol–water partition coefficient (Wildman–Crippen LogP) is 2.02. The number of halogens is 1. The van der Waals surface area contributed by atoms with Gasteiger partial charge in [0, 0.05) is 25.0 Å². The molecule has 2 fully saturated rings. The zero-order valence-corrected chi connectivity index (χ0v) is 19.1. The van der Waals surface area contributed by atoms with Gasteiger partial charge in [0.15, 0.2) is 15.8 Å². The molecule has 6 nitrogen and oxygen atoms in total. The second kappa shape index (κ2) is 8.73. The fourth-order valence-corrected chi connectivity index (χ4v) is 4.94. The van der Waals surface area contributed by atoms with E-state index in [4.69, 9.17) is 4.99 Å². The van der Waals surface area contributed by atoms with Crippen LogP contribution in [0.5, 0.6) is 0 Å². The Morgan fingerprint density at radius 3 is 2.56 bits per heavy atom. The van der Waals surface area contributed by atoms with E-state index in [-0.39, 0.29) is 41.2 Å². The maximum atomic E-state index is 12.2. The standard InChI is InChI=1S/C17H33N3O3S.HI/c1-5-18-15(19-12-17(4)9-7-6-8-14(17)21)20-10-11-24(22,23)16(2,3)13-20;/h14,21H,5-13H2,1-4H3,(H,18,19);1H. The van der Waals surface area contributed by atoms with Crippen molar-refractivity contribution in [3.05, 3.63) is 0 Å². The van der Waals surface area contributed by atoms with Gasteiger partial charge in [0.05, 0.1) is 23.1 Å². The fourth-order valence-electron chi connectivity index (χ4n) is 3.57. The van der Waals surface area contributed by atoms with Crippen molar-refractivity contribution in [1.82, 2.24) is 10.2 Å². The minimum atomic E-state index is -3.06. The van der Waals surface area contributed by atoms with Crippen molar-refractivity contribution in [1.29, 1.82) is 0 Å². The highest BCUT2D eigenvalue weighted by atomic mass is 127. The Morgan fingerprint density at radius 1 is 1.32 bits per heavy atom. The van der Waals surface area contributed by atoms with Crippen molar-refractivity contribution < 1.29 is 13.5 Å². The molecule has 1 heterocycles. The third kappa shape index (κ3) is 5.22. The van der Waals surface area contributed by atoms with Crippen LogP contribution in [0.1, 0.15) is 53.4 Å². The Balaban J connectivity index is 0.00000312. The van der Waals surface area contributed by atoms with E-state index in [1.54, 1.807) is 13.8 Å². The lowest BCUT2D eigenvalue weighted by atomic mass is 9.73. The summed E-state index contributed by atoms with van der Waals surface area (Å²) < 4.78 is 23.6. The van der Waals surface area contributed by atoms with Gasteiger partial charge in [-0.15, -0.1) is 24.0 Å². The maximum absolute atomic E-state index is 12.2. The van der Waals surface area contributed by atoms with Crippen LogP contribution < -0.4 is 5.32 Å². The first-order valence-corrected chi connectivity index (χ1v) is 10.7. The van der Waals surface area contributed by atoms with Crippen LogP contribution in [0.15, 0.2) is 4.99 Å². The number of aliphatic imine (C=N–C) groups is 1. The van der Waals surface area contributed by atoms with Crippen LogP contribution in [0.25, 0.3) is 0 Å². The number of hydrogen-bond donors (Lipinski definition) is 2. The molecule has 2 rings (SSSR count). The van der Waals surface area contributed by atoms with Gasteiger partial charge in [0.2, 0.25) is 0 Å². The fraction of sp³-hybridized carbons (Fsp3) is 0.941. The van der Waals surface area contributed by atoms with Crippen LogP contribution in [0.3, 0.4) is 0 Å². The van der Waals surface area contributed by atoms with Crippen LogP contribution in [0.2, 0.25) is 0 Å². The smallest absolute Gasteiger partial charge is 0.194 e. The van der Waals surface area contributed by atoms with Crippen molar-refractivity contribution in [3.8, 4) is 0 Å². The summed E-state index contributed by atoms with van der Waals surface area (Å²) >= 11 is 0. The summed E-state index contributed by atoms with van der Waals surface area (Å²) in [4.78, 5) is 6.82. The zero-order chi connectivity index (χ0) is 18.0. The summed E-state index contributed by atoms with van der Waals surface area (Å²) in [7, 11) is -3.06. The topological polar surface area (TPSA) is 82.0 Å². The van der Waals surface area contributed by atoms with Crippen LogP contribution in [0, 0.1) is 5.41 Å². The summed E-state index contributed by atoms with van der Waals surface area (Å²) in [6.45, 7) is 9.90. The lowest BCUT2D eigenvalue weighted by Gasteiger charge is -2.40. The Morgan fingerprint density at radius 2 is 2.00 bits per heavy atom. The van der Waals surface area contributed by atoms with Gasteiger partial charge in [0.25, 0.3) is 0 Å². The van der Waals surface area contributed by atoms with E-state index in [0.717, 1.165) is 38.2 Å². The van der Waals surface area contributed by atoms with Crippen LogP contribution >= 0.6 is 24.0 Å². The van der Waals surface area contributed by atoms with Gasteiger partial charge in [-0.2, -0.15) is 0 Å². The molecule has 0 aromatic rings. The number of rotatable bonds is 3. The summed E-state index contributed by atoms with van der Waals surface area (Å²) in [5.41, 5.74) is -0.184. The molecule has 1 saturated heterocycles. The summed E-state index contributed by atoms with van der Waals surface area (Å²) in [6.07, 6.45) is 3.73. The third-order valence-corrected chi connectivity index (χ3v) is 8.08. The Labute approximate surface area is 169 Å². The molecule has 148 valence electrons. The molecule has 1 aliphatic heterocycles. The van der Waals surface area contributed by atoms with E-state index in [1.807, 2.05) is 11.8 Å². The largest absolute Gasteiger partial charge is 0.392 e. The molecule has 0 aromatic heterocycles. The van der Waals surface area contributed by atoms with Gasteiger partial charge < -0.3 is 15.3 Å². The van der Waals surface area contributed by atoms with Crippen molar-refractivity contribution >= 4 is 39.8 Å². The molecule has 25 heavy (non-hydrogen) atoms. The quantitative estimate of drug-likeness (QED) is 0.362. The minimum absolute atomic E-state index is 0. The number of aliphatic hydroxyl groups excluding tert-OH is 1. The molecule has 0 bridgehead atoms. The lowest BCUT2D eigenvalue weighted by molar-refractivity contribution is 0.00703. The van der Waals surface area contributed by atoms with E-state index in [0.29, 0.717) is 19.6 Å². The monoisotopic (exact) mass is 487 g/mol. The molecule has 0 amide bonds. The molecule has 2 N–H and O–H groups in total. The number of nitrogens with one attached hydrogen (secondary N) is 1. The van der Waals surface area contributed by atoms with Crippen LogP contribution in [0.4, 0.5) is 0 Å². The predicted molar refractivity (Wildman–Crippen MR) is 113 cm³/mol. The highest BCUT2D eigenvalue weighted by Crippen LogP contribution is 2.36. The summed E-state index contributed by atoms with van der Waals surface area (Å²) in [5, 5.41) is 13.6. The van der Waals surface area contributed by atoms with E-state index >= 15 is 0 Å². The molecule has 8 heteroatoms. The number of aliphatic hydroxyl groups is 1. The van der Waals surface area contributed by atoms with Crippen molar-refractivity contribution in [2.45, 2.75) is 64.2 Å². The third-order valence-electron chi connectivity index (χ3n) is 5.55. The average Bonchev–Trinajstić information content (AvgIpc) is 2.50. The minimum Gasteiger partial charge on any atom is -0.392 e. The molecule has 0 aromatic carbocycles. The maximum Gasteiger partial charge on any atom is 0.194 e. The molecule has 0 spiro atoms.